The number of nitro groups is 1. The molecule has 2 heterocycles. The van der Waals surface area contributed by atoms with Crippen LogP contribution in [0, 0.1) is 10.1 Å². The minimum atomic E-state index is -0.459. The smallest absolute Gasteiger partial charge is 0.269 e. The van der Waals surface area contributed by atoms with E-state index in [2.05, 4.69) is 20.6 Å². The Morgan fingerprint density at radius 2 is 1.92 bits per heavy atom. The topological polar surface area (TPSA) is 114 Å². The van der Waals surface area contributed by atoms with Gasteiger partial charge in [0, 0.05) is 17.2 Å². The number of hydrogen-bond donors (Lipinski definition) is 0. The molecule has 0 amide bonds. The molecule has 0 spiro atoms. The van der Waals surface area contributed by atoms with Gasteiger partial charge in [0.2, 0.25) is 0 Å². The maximum atomic E-state index is 10.7. The summed E-state index contributed by atoms with van der Waals surface area (Å²) < 4.78 is 1.50. The number of rotatable bonds is 5. The van der Waals surface area contributed by atoms with Gasteiger partial charge in [-0.25, -0.2) is 4.68 Å². The van der Waals surface area contributed by atoms with Gasteiger partial charge in [-0.15, -0.1) is 10.2 Å². The summed E-state index contributed by atoms with van der Waals surface area (Å²) in [6.07, 6.45) is 1.66. The van der Waals surface area contributed by atoms with E-state index in [9.17, 15) is 10.1 Å². The molecule has 0 aliphatic carbocycles. The summed E-state index contributed by atoms with van der Waals surface area (Å²) in [5.74, 6) is 0. The van der Waals surface area contributed by atoms with Crippen LogP contribution in [0.4, 0.5) is 5.69 Å². The number of non-ortho nitro benzene ring substituents is 1. The normalized spacial score (nSPS) is 11.0. The van der Waals surface area contributed by atoms with E-state index in [1.165, 1.54) is 21.7 Å². The maximum absolute atomic E-state index is 10.7. The molecule has 0 unspecified atom stereocenters. The first-order chi connectivity index (χ1) is 12.6. The molecule has 0 fully saturated rings. The van der Waals surface area contributed by atoms with Crippen LogP contribution in [0.25, 0.3) is 16.7 Å². The van der Waals surface area contributed by atoms with Crippen molar-refractivity contribution >= 4 is 28.3 Å². The van der Waals surface area contributed by atoms with E-state index in [0.717, 1.165) is 0 Å². The molecule has 0 atom stereocenters. The van der Waals surface area contributed by atoms with Crippen molar-refractivity contribution in [3.8, 4) is 5.69 Å². The second-order valence-electron chi connectivity index (χ2n) is 5.30. The Morgan fingerprint density at radius 3 is 2.69 bits per heavy atom. The first-order valence-corrected chi connectivity index (χ1v) is 7.78. The van der Waals surface area contributed by atoms with E-state index >= 15 is 0 Å². The Labute approximate surface area is 150 Å². The fourth-order valence-electron chi connectivity index (χ4n) is 2.31. The van der Waals surface area contributed by atoms with E-state index < -0.39 is 4.92 Å². The van der Waals surface area contributed by atoms with Crippen molar-refractivity contribution in [3.63, 3.8) is 0 Å². The van der Waals surface area contributed by atoms with Gasteiger partial charge in [-0.1, -0.05) is 21.7 Å². The molecule has 0 saturated heterocycles. The second kappa shape index (κ2) is 6.41. The van der Waals surface area contributed by atoms with E-state index in [-0.39, 0.29) is 12.3 Å². The highest BCUT2D eigenvalue weighted by atomic mass is 35.5. The molecule has 2 aromatic heterocycles. The van der Waals surface area contributed by atoms with Crippen molar-refractivity contribution in [2.24, 2.45) is 0 Å². The molecule has 0 saturated carbocycles. The summed E-state index contributed by atoms with van der Waals surface area (Å²) in [5, 5.41) is 27.1. The molecule has 11 heteroatoms. The Bertz CT molecular complexity index is 1090. The molecule has 0 radical (unpaired) electrons. The first kappa shape index (κ1) is 16.0. The zero-order chi connectivity index (χ0) is 18.1. The average Bonchev–Trinajstić information content (AvgIpc) is 3.26. The van der Waals surface area contributed by atoms with Crippen LogP contribution in [-0.4, -0.2) is 35.1 Å². The lowest BCUT2D eigenvalue weighted by Gasteiger charge is -2.02. The van der Waals surface area contributed by atoms with Crippen molar-refractivity contribution in [3.05, 3.63) is 69.5 Å². The second-order valence-corrected chi connectivity index (χ2v) is 5.73. The van der Waals surface area contributed by atoms with Crippen LogP contribution >= 0.6 is 11.6 Å². The predicted molar refractivity (Wildman–Crippen MR) is 90.8 cm³/mol. The van der Waals surface area contributed by atoms with Crippen LogP contribution in [0.3, 0.4) is 0 Å². The van der Waals surface area contributed by atoms with Crippen molar-refractivity contribution < 1.29 is 9.76 Å². The molecular weight excluding hydrogens is 362 g/mol. The minimum absolute atomic E-state index is 0.00847. The highest BCUT2D eigenvalue weighted by molar-refractivity contribution is 6.31. The molecule has 2 aromatic carbocycles. The van der Waals surface area contributed by atoms with Crippen molar-refractivity contribution in [1.82, 2.24) is 30.2 Å². The number of nitro benzene ring substituents is 1. The number of aromatic nitrogens is 6. The molecule has 0 aliphatic heterocycles. The third kappa shape index (κ3) is 3.05. The van der Waals surface area contributed by atoms with Crippen molar-refractivity contribution in [1.29, 1.82) is 0 Å². The fraction of sp³-hybridized carbons (Fsp3) is 0.0667. The van der Waals surface area contributed by atoms with E-state index in [1.54, 1.807) is 36.5 Å². The fourth-order valence-corrected chi connectivity index (χ4v) is 2.48. The number of hydrogen-bond acceptors (Lipinski definition) is 7. The predicted octanol–water partition coefficient (Wildman–Crippen LogP) is 2.20. The third-order valence-electron chi connectivity index (χ3n) is 3.58. The Kier molecular flexibility index (Phi) is 3.93. The molecule has 130 valence electrons. The van der Waals surface area contributed by atoms with Crippen molar-refractivity contribution in [2.75, 3.05) is 0 Å². The molecule has 10 nitrogen and oxygen atoms in total. The molecule has 0 aliphatic rings. The molecule has 4 rings (SSSR count). The van der Waals surface area contributed by atoms with Gasteiger partial charge >= 0.3 is 0 Å². The van der Waals surface area contributed by atoms with E-state index in [0.29, 0.717) is 27.4 Å². The highest BCUT2D eigenvalue weighted by Crippen LogP contribution is 2.17. The summed E-state index contributed by atoms with van der Waals surface area (Å²) in [5.41, 5.74) is 2.50. The lowest BCUT2D eigenvalue weighted by Crippen LogP contribution is -2.13. The lowest BCUT2D eigenvalue weighted by molar-refractivity contribution is -0.384. The van der Waals surface area contributed by atoms with Crippen LogP contribution in [0.15, 0.2) is 48.7 Å². The average molecular weight is 372 g/mol. The maximum Gasteiger partial charge on any atom is 0.269 e. The lowest BCUT2D eigenvalue weighted by atomic mass is 10.3. The van der Waals surface area contributed by atoms with Gasteiger partial charge in [0.1, 0.15) is 16.7 Å². The monoisotopic (exact) mass is 371 g/mol. The largest absolute Gasteiger partial charge is 0.388 e. The third-order valence-corrected chi connectivity index (χ3v) is 3.81. The molecule has 0 bridgehead atoms. The number of nitrogens with zero attached hydrogens (tertiary/aromatic N) is 7. The van der Waals surface area contributed by atoms with Gasteiger partial charge in [-0.3, -0.25) is 10.1 Å². The zero-order valence-electron chi connectivity index (χ0n) is 13.1. The SMILES string of the molecule is O=[N+]([O-])c1ccc(-n2cc(COn3nnc4ccc(Cl)cc43)nn2)cc1. The molecule has 0 N–H and O–H groups in total. The van der Waals surface area contributed by atoms with Crippen LogP contribution < -0.4 is 4.84 Å². The summed E-state index contributed by atoms with van der Waals surface area (Å²) in [6.45, 7) is 0.109. The number of halogens is 1. The standard InChI is InChI=1S/C15H10ClN7O3/c16-10-1-6-14-15(7-10)22(20-18-14)26-9-11-8-21(19-17-11)12-2-4-13(5-3-12)23(24)25/h1-8H,9H2. The summed E-state index contributed by atoms with van der Waals surface area (Å²) in [7, 11) is 0. The first-order valence-electron chi connectivity index (χ1n) is 7.40. The van der Waals surface area contributed by atoms with Gasteiger partial charge in [0.15, 0.2) is 6.61 Å². The summed E-state index contributed by atoms with van der Waals surface area (Å²) in [6, 6.07) is 11.1. The van der Waals surface area contributed by atoms with Crippen LogP contribution in [0.2, 0.25) is 5.02 Å². The summed E-state index contributed by atoms with van der Waals surface area (Å²) in [4.78, 5) is 17.1. The van der Waals surface area contributed by atoms with Gasteiger partial charge in [0.25, 0.3) is 5.69 Å². The van der Waals surface area contributed by atoms with E-state index in [1.807, 2.05) is 0 Å². The van der Waals surface area contributed by atoms with Gasteiger partial charge in [-0.05, 0) is 35.5 Å². The quantitative estimate of drug-likeness (QED) is 0.390. The Balaban J connectivity index is 1.49. The van der Waals surface area contributed by atoms with Crippen LogP contribution in [0.5, 0.6) is 0 Å². The van der Waals surface area contributed by atoms with Gasteiger partial charge < -0.3 is 4.84 Å². The van der Waals surface area contributed by atoms with Crippen molar-refractivity contribution in [2.45, 2.75) is 6.61 Å². The van der Waals surface area contributed by atoms with E-state index in [4.69, 9.17) is 16.4 Å². The van der Waals surface area contributed by atoms with Gasteiger partial charge in [0.05, 0.1) is 16.8 Å². The number of fused-ring (bicyclic) bond motifs is 1. The van der Waals surface area contributed by atoms with Gasteiger partial charge in [-0.2, -0.15) is 0 Å². The summed E-state index contributed by atoms with van der Waals surface area (Å²) >= 11 is 5.97. The Hall–Kier alpha value is -3.53. The zero-order valence-corrected chi connectivity index (χ0v) is 13.8. The minimum Gasteiger partial charge on any atom is -0.388 e. The van der Waals surface area contributed by atoms with Crippen LogP contribution in [0.1, 0.15) is 5.69 Å². The number of benzene rings is 2. The highest BCUT2D eigenvalue weighted by Gasteiger charge is 2.10. The Morgan fingerprint density at radius 1 is 1.12 bits per heavy atom. The molecular formula is C15H10ClN7O3. The van der Waals surface area contributed by atoms with Crippen LogP contribution in [-0.2, 0) is 6.61 Å². The molecule has 4 aromatic rings. The molecule has 26 heavy (non-hydrogen) atoms.